The highest BCUT2D eigenvalue weighted by Crippen LogP contribution is 2.46. The van der Waals surface area contributed by atoms with E-state index in [9.17, 15) is 19.8 Å². The van der Waals surface area contributed by atoms with Gasteiger partial charge in [-0.25, -0.2) is 0 Å². The summed E-state index contributed by atoms with van der Waals surface area (Å²) in [7, 11) is 1.31. The number of hydrogen-bond donors (Lipinski definition) is 4. The lowest BCUT2D eigenvalue weighted by Crippen LogP contribution is -2.18. The van der Waals surface area contributed by atoms with E-state index in [0.717, 1.165) is 56.4 Å². The second-order valence-electron chi connectivity index (χ2n) is 13.5. The Kier molecular flexibility index (Phi) is 9.17. The maximum absolute atomic E-state index is 13.4. The number of carbonyl (C=O) groups is 2. The molecule has 10 nitrogen and oxygen atoms in total. The molecule has 6 rings (SSSR count). The van der Waals surface area contributed by atoms with E-state index in [1.807, 2.05) is 45.0 Å². The first-order valence-electron chi connectivity index (χ1n) is 17.1. The van der Waals surface area contributed by atoms with Gasteiger partial charge in [-0.3, -0.25) is 19.6 Å². The van der Waals surface area contributed by atoms with E-state index in [-0.39, 0.29) is 54.2 Å². The average molecular weight is 667 g/mol. The molecular formula is C39H46N4O6. The third-order valence-electron chi connectivity index (χ3n) is 10.7. The van der Waals surface area contributed by atoms with Crippen molar-refractivity contribution >= 4 is 45.5 Å². The Hall–Kier alpha value is -4.86. The fourth-order valence-electron chi connectivity index (χ4n) is 7.95. The van der Waals surface area contributed by atoms with Crippen molar-refractivity contribution < 1.29 is 29.3 Å². The number of nitrogens with one attached hydrogen (secondary N) is 2. The van der Waals surface area contributed by atoms with Crippen LogP contribution in [0.25, 0.3) is 33.6 Å². The average Bonchev–Trinajstić information content (AvgIpc) is 3.80. The van der Waals surface area contributed by atoms with Gasteiger partial charge < -0.3 is 29.7 Å². The molecule has 3 aromatic rings. The molecule has 5 atom stereocenters. The third-order valence-corrected chi connectivity index (χ3v) is 10.7. The van der Waals surface area contributed by atoms with Gasteiger partial charge in [0.2, 0.25) is 0 Å². The summed E-state index contributed by atoms with van der Waals surface area (Å²) in [5, 5.41) is 23.9. The van der Waals surface area contributed by atoms with Gasteiger partial charge in [-0.15, -0.1) is 0 Å². The van der Waals surface area contributed by atoms with Crippen molar-refractivity contribution in [2.45, 2.75) is 97.3 Å². The molecule has 3 aliphatic rings. The van der Waals surface area contributed by atoms with Crippen molar-refractivity contribution in [2.75, 3.05) is 13.7 Å². The number of fused-ring (bicyclic) bond motifs is 8. The largest absolute Gasteiger partial charge is 0.512 e. The maximum atomic E-state index is 13.4. The number of ether oxygens (including phenoxy) is 2. The van der Waals surface area contributed by atoms with Crippen molar-refractivity contribution in [1.82, 2.24) is 19.9 Å². The molecular weight excluding hydrogens is 620 g/mol. The van der Waals surface area contributed by atoms with Crippen LogP contribution < -0.4 is 10.4 Å². The smallest absolute Gasteiger partial charge is 0.321 e. The molecule has 5 heterocycles. The van der Waals surface area contributed by atoms with Crippen LogP contribution in [0.15, 0.2) is 30.4 Å². The van der Waals surface area contributed by atoms with Crippen molar-refractivity contribution in [3.8, 4) is 0 Å². The molecule has 0 radical (unpaired) electrons. The van der Waals surface area contributed by atoms with Gasteiger partial charge in [0.25, 0.3) is 0 Å². The second kappa shape index (κ2) is 13.2. The molecule has 49 heavy (non-hydrogen) atoms. The molecule has 0 saturated carbocycles. The number of aromatic amines is 2. The Bertz CT molecular complexity index is 2170. The normalized spacial score (nSPS) is 22.1. The number of aromatic nitrogens is 4. The second-order valence-corrected chi connectivity index (χ2v) is 13.5. The zero-order valence-electron chi connectivity index (χ0n) is 29.5. The van der Waals surface area contributed by atoms with E-state index in [0.29, 0.717) is 28.4 Å². The van der Waals surface area contributed by atoms with Crippen molar-refractivity contribution in [3.63, 3.8) is 0 Å². The molecule has 10 heteroatoms. The van der Waals surface area contributed by atoms with Crippen molar-refractivity contribution in [2.24, 2.45) is 0 Å². The van der Waals surface area contributed by atoms with Gasteiger partial charge in [-0.1, -0.05) is 32.9 Å². The van der Waals surface area contributed by atoms with Gasteiger partial charge in [0.15, 0.2) is 0 Å². The van der Waals surface area contributed by atoms with Gasteiger partial charge in [0.05, 0.1) is 29.6 Å². The number of hydrogen-bond acceptors (Lipinski definition) is 8. The Morgan fingerprint density at radius 3 is 2.29 bits per heavy atom. The molecule has 3 aromatic heterocycles. The Labute approximate surface area is 285 Å². The Morgan fingerprint density at radius 2 is 1.61 bits per heavy atom. The van der Waals surface area contributed by atoms with E-state index in [1.165, 1.54) is 7.11 Å². The van der Waals surface area contributed by atoms with Crippen LogP contribution in [0.3, 0.4) is 0 Å². The minimum absolute atomic E-state index is 0.0820. The summed E-state index contributed by atoms with van der Waals surface area (Å²) >= 11 is 0. The predicted octanol–water partition coefficient (Wildman–Crippen LogP) is 6.64. The third kappa shape index (κ3) is 5.70. The minimum Gasteiger partial charge on any atom is -0.512 e. The van der Waals surface area contributed by atoms with Crippen LogP contribution in [-0.2, 0) is 19.1 Å². The van der Waals surface area contributed by atoms with Crippen molar-refractivity contribution in [1.29, 1.82) is 0 Å². The number of rotatable bonds is 7. The van der Waals surface area contributed by atoms with Gasteiger partial charge >= 0.3 is 11.9 Å². The van der Waals surface area contributed by atoms with Crippen LogP contribution in [0.2, 0.25) is 0 Å². The zero-order chi connectivity index (χ0) is 35.3. The number of allylic oxidation sites excluding steroid dienone is 1. The fraction of sp³-hybridized carbons (Fsp3) is 0.436. The highest BCUT2D eigenvalue weighted by Gasteiger charge is 2.41. The van der Waals surface area contributed by atoms with Gasteiger partial charge in [0.1, 0.15) is 18.3 Å². The number of carbonyl (C=O) groups excluding carboxylic acids is 2. The quantitative estimate of drug-likeness (QED) is 0.162. The topological polar surface area (TPSA) is 150 Å². The minimum atomic E-state index is -1.08. The molecule has 4 N–H and O–H groups in total. The first-order chi connectivity index (χ1) is 23.4. The highest BCUT2D eigenvalue weighted by molar-refractivity contribution is 5.96. The summed E-state index contributed by atoms with van der Waals surface area (Å²) in [5.74, 6) is -2.03. The molecule has 0 fully saturated rings. The SMILES string of the molecule is C/C=C/COC(=O)CCC1c2nc(cc3[nH]c(cc4nc(cc5[nH]c6c2C(C(=O)OC)C(O)=c6c5C)C(CC)C4C)c(=C(C)O)c3C)C1C. The Morgan fingerprint density at radius 1 is 0.959 bits per heavy atom. The van der Waals surface area contributed by atoms with E-state index in [4.69, 9.17) is 19.4 Å². The molecule has 258 valence electrons. The summed E-state index contributed by atoms with van der Waals surface area (Å²) in [6, 6.07) is 6.06. The first-order valence-corrected chi connectivity index (χ1v) is 17.1. The standard InChI is InChI=1S/C39H46N4O6/c1-9-11-14-49-31(45)13-12-24-19(4)26-15-27-20(5)32(22(7)44)30(41-27)17-25-18(3)23(10-2)29(40-25)16-28-21(6)33-37(43-28)34(36(24)42-26)35(38(33)46)39(47)48-8/h9,11,15-19,23-24,35,41,43-44,46H,10,12-14H2,1-8H3/b11-9+,26-15?,29-16?,30-17?,32-22?. The van der Waals surface area contributed by atoms with Crippen LogP contribution in [0.4, 0.5) is 0 Å². The van der Waals surface area contributed by atoms with Crippen LogP contribution in [0.5, 0.6) is 0 Å². The monoisotopic (exact) mass is 666 g/mol. The molecule has 0 amide bonds. The van der Waals surface area contributed by atoms with Crippen molar-refractivity contribution in [3.05, 3.63) is 80.3 Å². The maximum Gasteiger partial charge on any atom is 0.321 e. The van der Waals surface area contributed by atoms with E-state index in [2.05, 4.69) is 30.7 Å². The van der Waals surface area contributed by atoms with Crippen LogP contribution in [0.1, 0.15) is 123 Å². The van der Waals surface area contributed by atoms with Gasteiger partial charge in [0, 0.05) is 74.2 Å². The molecule has 0 saturated heterocycles. The molecule has 5 unspecified atom stereocenters. The lowest BCUT2D eigenvalue weighted by molar-refractivity contribution is -0.143. The van der Waals surface area contributed by atoms with Crippen LogP contribution in [-0.4, -0.2) is 55.8 Å². The summed E-state index contributed by atoms with van der Waals surface area (Å²) in [6.45, 7) is 14.0. The summed E-state index contributed by atoms with van der Waals surface area (Å²) in [6.07, 6.45) is 5.05. The van der Waals surface area contributed by atoms with Crippen LogP contribution in [0, 0.1) is 13.8 Å². The fourth-order valence-corrected chi connectivity index (χ4v) is 7.95. The number of esters is 2. The highest BCUT2D eigenvalue weighted by atomic mass is 16.5. The van der Waals surface area contributed by atoms with Gasteiger partial charge in [-0.2, -0.15) is 0 Å². The summed E-state index contributed by atoms with van der Waals surface area (Å²) in [4.78, 5) is 43.6. The molecule has 8 bridgehead atoms. The number of aliphatic hydroxyl groups excluding tert-OH is 2. The number of aryl methyl sites for hydroxylation is 2. The molecule has 1 aliphatic carbocycles. The van der Waals surface area contributed by atoms with Gasteiger partial charge in [-0.05, 0) is 69.9 Å². The molecule has 0 spiro atoms. The summed E-state index contributed by atoms with van der Waals surface area (Å²) < 4.78 is 10.7. The summed E-state index contributed by atoms with van der Waals surface area (Å²) in [5.41, 5.74) is 8.40. The van der Waals surface area contributed by atoms with E-state index in [1.54, 1.807) is 13.0 Å². The van der Waals surface area contributed by atoms with E-state index >= 15 is 0 Å². The first kappa shape index (κ1) is 34.0. The lowest BCUT2D eigenvalue weighted by Gasteiger charge is -2.19. The van der Waals surface area contributed by atoms with E-state index < -0.39 is 11.9 Å². The zero-order valence-corrected chi connectivity index (χ0v) is 29.5. The number of methoxy groups -OCH3 is 1. The molecule has 0 aromatic carbocycles. The number of aliphatic hydroxyl groups is 2. The number of nitrogens with zero attached hydrogens (tertiary/aromatic N) is 2. The van der Waals surface area contributed by atoms with Crippen LogP contribution >= 0.6 is 0 Å². The number of H-pyrrole nitrogens is 2. The molecule has 2 aliphatic heterocycles. The Balaban J connectivity index is 1.73. The predicted molar refractivity (Wildman–Crippen MR) is 190 cm³/mol. The lowest BCUT2D eigenvalue weighted by atomic mass is 9.84.